The summed E-state index contributed by atoms with van der Waals surface area (Å²) in [5, 5.41) is 13.5. The van der Waals surface area contributed by atoms with Gasteiger partial charge in [-0.1, -0.05) is 41.9 Å². The molecular formula is C33H27BrClN7O2. The monoisotopic (exact) mass is 667 g/mol. The van der Waals surface area contributed by atoms with Gasteiger partial charge in [-0.2, -0.15) is 5.10 Å². The molecular weight excluding hydrogens is 642 g/mol. The number of hydrogen-bond donors (Lipinski definition) is 1. The highest BCUT2D eigenvalue weighted by Gasteiger charge is 2.33. The Hall–Kier alpha value is -4.54. The molecule has 3 aromatic carbocycles. The molecule has 0 saturated carbocycles. The number of rotatable bonds is 5. The average molecular weight is 669 g/mol. The van der Waals surface area contributed by atoms with Crippen molar-refractivity contribution in [2.75, 3.05) is 0 Å². The first kappa shape index (κ1) is 28.2. The number of nitrogens with one attached hydrogen (secondary N) is 1. The molecule has 0 saturated heterocycles. The van der Waals surface area contributed by atoms with Crippen molar-refractivity contribution in [3.63, 3.8) is 0 Å². The summed E-state index contributed by atoms with van der Waals surface area (Å²) in [6.45, 7) is 4.06. The van der Waals surface area contributed by atoms with E-state index < -0.39 is 0 Å². The summed E-state index contributed by atoms with van der Waals surface area (Å²) < 4.78 is 4.31. The van der Waals surface area contributed by atoms with Crippen LogP contribution >= 0.6 is 27.5 Å². The van der Waals surface area contributed by atoms with Crippen molar-refractivity contribution < 1.29 is 4.79 Å². The lowest BCUT2D eigenvalue weighted by Crippen LogP contribution is -2.46. The van der Waals surface area contributed by atoms with Gasteiger partial charge in [-0.25, -0.2) is 4.52 Å². The molecule has 0 fully saturated rings. The lowest BCUT2D eigenvalue weighted by Gasteiger charge is -2.35. The molecule has 0 radical (unpaired) electrons. The van der Waals surface area contributed by atoms with Crippen LogP contribution in [0.2, 0.25) is 5.02 Å². The van der Waals surface area contributed by atoms with Crippen LogP contribution in [0.4, 0.5) is 0 Å². The standard InChI is InChI=1S/C33H27BrClN7O2/c1-19-14-26-29(18-40(19)32(43)23-10-13-27(34)28(35)16-23)42-31(24(17-36-42)15-21-6-4-3-5-7-21)41(33(26)44)25-11-8-22(9-12-25)30-37-20(2)38-39-30/h3-13,16-17,19H,14-15,18H2,1-2H3,(H,37,38,39). The third-order valence-electron chi connectivity index (χ3n) is 8.11. The zero-order valence-electron chi connectivity index (χ0n) is 24.0. The van der Waals surface area contributed by atoms with Gasteiger partial charge in [0.15, 0.2) is 5.82 Å². The first-order valence-corrected chi connectivity index (χ1v) is 15.4. The Morgan fingerprint density at radius 3 is 2.55 bits per heavy atom. The van der Waals surface area contributed by atoms with Gasteiger partial charge in [0.25, 0.3) is 11.5 Å². The van der Waals surface area contributed by atoms with Crippen LogP contribution in [0.15, 0.2) is 88.3 Å². The Morgan fingerprint density at radius 2 is 1.84 bits per heavy atom. The molecule has 6 aromatic rings. The molecule has 1 aliphatic rings. The van der Waals surface area contributed by atoms with Gasteiger partial charge >= 0.3 is 0 Å². The molecule has 1 amide bonds. The molecule has 11 heteroatoms. The molecule has 1 unspecified atom stereocenters. The Bertz CT molecular complexity index is 2100. The first-order chi connectivity index (χ1) is 21.3. The average Bonchev–Trinajstić information content (AvgIpc) is 3.65. The summed E-state index contributed by atoms with van der Waals surface area (Å²) >= 11 is 9.72. The minimum Gasteiger partial charge on any atom is -0.330 e. The first-order valence-electron chi connectivity index (χ1n) is 14.2. The fourth-order valence-electron chi connectivity index (χ4n) is 5.88. The van der Waals surface area contributed by atoms with Crippen LogP contribution in [0.25, 0.3) is 22.7 Å². The van der Waals surface area contributed by atoms with E-state index in [9.17, 15) is 9.59 Å². The molecule has 1 aliphatic heterocycles. The Kier molecular flexibility index (Phi) is 7.18. The summed E-state index contributed by atoms with van der Waals surface area (Å²) in [5.74, 6) is 1.24. The highest BCUT2D eigenvalue weighted by molar-refractivity contribution is 9.10. The van der Waals surface area contributed by atoms with Gasteiger partial charge in [0, 0.05) is 39.2 Å². The number of carbonyl (C=O) groups is 1. The maximum absolute atomic E-state index is 14.4. The van der Waals surface area contributed by atoms with E-state index in [2.05, 4.69) is 43.2 Å². The van der Waals surface area contributed by atoms with Crippen molar-refractivity contribution in [2.45, 2.75) is 39.3 Å². The highest BCUT2D eigenvalue weighted by atomic mass is 79.9. The second kappa shape index (κ2) is 11.2. The lowest BCUT2D eigenvalue weighted by atomic mass is 9.98. The SMILES string of the molecule is Cc1nnc(-c2ccc(-n3c(=O)c4c(n5ncc(Cc6ccccc6)c35)CN(C(=O)c3ccc(Br)c(Cl)c3)C(C)C4)cc2)[nH]1. The van der Waals surface area contributed by atoms with E-state index in [1.54, 1.807) is 27.7 Å². The van der Waals surface area contributed by atoms with E-state index in [1.165, 1.54) is 0 Å². The molecule has 0 bridgehead atoms. The summed E-state index contributed by atoms with van der Waals surface area (Å²) in [4.78, 5) is 33.1. The largest absolute Gasteiger partial charge is 0.330 e. The molecule has 0 spiro atoms. The van der Waals surface area contributed by atoms with E-state index >= 15 is 0 Å². The van der Waals surface area contributed by atoms with Crippen LogP contribution in [0.5, 0.6) is 0 Å². The maximum atomic E-state index is 14.4. The number of H-pyrrole nitrogens is 1. The second-order valence-corrected chi connectivity index (χ2v) is 12.3. The fourth-order valence-corrected chi connectivity index (χ4v) is 6.30. The number of nitrogens with zero attached hydrogens (tertiary/aromatic N) is 6. The molecule has 0 aliphatic carbocycles. The summed E-state index contributed by atoms with van der Waals surface area (Å²) in [5.41, 5.74) is 6.00. The van der Waals surface area contributed by atoms with Crippen LogP contribution in [-0.4, -0.2) is 46.2 Å². The normalized spacial score (nSPS) is 14.6. The summed E-state index contributed by atoms with van der Waals surface area (Å²) in [6, 6.07) is 22.8. The zero-order valence-corrected chi connectivity index (χ0v) is 26.3. The predicted octanol–water partition coefficient (Wildman–Crippen LogP) is 6.17. The van der Waals surface area contributed by atoms with Crippen LogP contribution < -0.4 is 5.56 Å². The van der Waals surface area contributed by atoms with E-state index in [4.69, 9.17) is 16.7 Å². The van der Waals surface area contributed by atoms with Crippen molar-refractivity contribution in [2.24, 2.45) is 0 Å². The Morgan fingerprint density at radius 1 is 1.07 bits per heavy atom. The van der Waals surface area contributed by atoms with E-state index in [-0.39, 0.29) is 24.1 Å². The Labute approximate surface area is 266 Å². The van der Waals surface area contributed by atoms with Crippen molar-refractivity contribution >= 4 is 39.1 Å². The molecule has 7 rings (SSSR count). The van der Waals surface area contributed by atoms with Gasteiger partial charge in [-0.05, 0) is 84.2 Å². The zero-order chi connectivity index (χ0) is 30.5. The van der Waals surface area contributed by atoms with E-state index in [0.717, 1.165) is 27.0 Å². The molecule has 1 atom stereocenters. The predicted molar refractivity (Wildman–Crippen MR) is 172 cm³/mol. The topological polar surface area (TPSA) is 101 Å². The van der Waals surface area contributed by atoms with Crippen LogP contribution in [0.1, 0.15) is 45.5 Å². The summed E-state index contributed by atoms with van der Waals surface area (Å²) in [6.07, 6.45) is 2.81. The van der Waals surface area contributed by atoms with E-state index in [0.29, 0.717) is 51.8 Å². The number of hydrogen-bond acceptors (Lipinski definition) is 5. The number of aromatic nitrogens is 6. The number of halogens is 2. The number of amides is 1. The van der Waals surface area contributed by atoms with Gasteiger partial charge in [-0.3, -0.25) is 14.2 Å². The van der Waals surface area contributed by atoms with Crippen molar-refractivity contribution in [1.29, 1.82) is 0 Å². The molecule has 220 valence electrons. The van der Waals surface area contributed by atoms with Gasteiger partial charge in [0.1, 0.15) is 11.5 Å². The quantitative estimate of drug-likeness (QED) is 0.237. The maximum Gasteiger partial charge on any atom is 0.261 e. The molecule has 3 aromatic heterocycles. The highest BCUT2D eigenvalue weighted by Crippen LogP contribution is 2.29. The second-order valence-electron chi connectivity index (χ2n) is 11.1. The third-order valence-corrected chi connectivity index (χ3v) is 9.34. The van der Waals surface area contributed by atoms with Crippen LogP contribution in [-0.2, 0) is 19.4 Å². The van der Waals surface area contributed by atoms with Crippen LogP contribution in [0, 0.1) is 6.92 Å². The van der Waals surface area contributed by atoms with Gasteiger partial charge < -0.3 is 9.88 Å². The minimum absolute atomic E-state index is 0.115. The Balaban J connectivity index is 1.37. The number of fused-ring (bicyclic) bond motifs is 3. The minimum atomic E-state index is -0.215. The molecule has 4 heterocycles. The van der Waals surface area contributed by atoms with Gasteiger partial charge in [0.05, 0.1) is 29.1 Å². The fraction of sp³-hybridized carbons (Fsp3) is 0.182. The number of carbonyl (C=O) groups excluding carboxylic acids is 1. The van der Waals surface area contributed by atoms with Crippen molar-refractivity contribution in [3.05, 3.63) is 133 Å². The van der Waals surface area contributed by atoms with Gasteiger partial charge in [0.2, 0.25) is 0 Å². The number of aryl methyl sites for hydroxylation is 1. The summed E-state index contributed by atoms with van der Waals surface area (Å²) in [7, 11) is 0. The van der Waals surface area contributed by atoms with Crippen molar-refractivity contribution in [1.82, 2.24) is 34.3 Å². The third kappa shape index (κ3) is 4.93. The number of benzene rings is 3. The lowest BCUT2D eigenvalue weighted by molar-refractivity contribution is 0.0651. The van der Waals surface area contributed by atoms with Crippen LogP contribution in [0.3, 0.4) is 0 Å². The molecule has 1 N–H and O–H groups in total. The molecule has 44 heavy (non-hydrogen) atoms. The number of aromatic amines is 1. The van der Waals surface area contributed by atoms with E-state index in [1.807, 2.05) is 67.0 Å². The smallest absolute Gasteiger partial charge is 0.261 e. The van der Waals surface area contributed by atoms with Crippen molar-refractivity contribution in [3.8, 4) is 17.1 Å². The van der Waals surface area contributed by atoms with Gasteiger partial charge in [-0.15, -0.1) is 10.2 Å². The molecule has 9 nitrogen and oxygen atoms in total.